The summed E-state index contributed by atoms with van der Waals surface area (Å²) < 4.78 is 0. The van der Waals surface area contributed by atoms with Gasteiger partial charge in [-0.05, 0) is 31.4 Å². The highest BCUT2D eigenvalue weighted by Crippen LogP contribution is 2.36. The fourth-order valence-electron chi connectivity index (χ4n) is 3.05. The molecule has 1 amide bonds. The summed E-state index contributed by atoms with van der Waals surface area (Å²) in [5.41, 5.74) is 2.03. The molecule has 2 heterocycles. The number of carbonyl (C=O) groups is 1. The van der Waals surface area contributed by atoms with Crippen LogP contribution in [0.4, 0.5) is 5.69 Å². The van der Waals surface area contributed by atoms with Gasteiger partial charge in [0, 0.05) is 31.4 Å². The number of phenols is 1. The average molecular weight is 246 g/mol. The van der Waals surface area contributed by atoms with Gasteiger partial charge in [-0.2, -0.15) is 0 Å². The van der Waals surface area contributed by atoms with Gasteiger partial charge < -0.3 is 14.9 Å². The van der Waals surface area contributed by atoms with E-state index in [1.165, 1.54) is 0 Å². The van der Waals surface area contributed by atoms with Crippen molar-refractivity contribution in [3.63, 3.8) is 0 Å². The van der Waals surface area contributed by atoms with Crippen LogP contribution in [-0.2, 0) is 11.2 Å². The van der Waals surface area contributed by atoms with E-state index in [0.717, 1.165) is 43.6 Å². The van der Waals surface area contributed by atoms with Crippen molar-refractivity contribution in [3.05, 3.63) is 23.8 Å². The minimum atomic E-state index is -0.0455. The van der Waals surface area contributed by atoms with Crippen molar-refractivity contribution in [2.75, 3.05) is 25.0 Å². The third-order valence-electron chi connectivity index (χ3n) is 4.04. The Kier molecular flexibility index (Phi) is 2.65. The van der Waals surface area contributed by atoms with Gasteiger partial charge in [-0.1, -0.05) is 6.07 Å². The Morgan fingerprint density at radius 1 is 1.33 bits per heavy atom. The normalized spacial score (nSPS) is 23.4. The SMILES string of the molecule is CN1CCC(N2CCCc3c(O)cccc32)C1=O. The number of aromatic hydroxyl groups is 1. The molecule has 1 atom stereocenters. The second-order valence-electron chi connectivity index (χ2n) is 5.14. The predicted molar refractivity (Wildman–Crippen MR) is 69.8 cm³/mol. The Morgan fingerprint density at radius 3 is 2.89 bits per heavy atom. The van der Waals surface area contributed by atoms with Crippen molar-refractivity contribution >= 4 is 11.6 Å². The van der Waals surface area contributed by atoms with Crippen LogP contribution in [-0.4, -0.2) is 42.1 Å². The molecule has 1 fully saturated rings. The molecule has 0 bridgehead atoms. The van der Waals surface area contributed by atoms with Gasteiger partial charge in [0.15, 0.2) is 0 Å². The third kappa shape index (κ3) is 1.64. The summed E-state index contributed by atoms with van der Waals surface area (Å²) in [6.07, 6.45) is 2.78. The van der Waals surface area contributed by atoms with Crippen LogP contribution < -0.4 is 4.90 Å². The number of rotatable bonds is 1. The minimum absolute atomic E-state index is 0.0455. The summed E-state index contributed by atoms with van der Waals surface area (Å²) in [4.78, 5) is 16.1. The maximum absolute atomic E-state index is 12.1. The molecular formula is C14H18N2O2. The molecule has 4 heteroatoms. The standard InChI is InChI=1S/C14H18N2O2/c1-15-9-7-12(14(15)18)16-8-3-4-10-11(16)5-2-6-13(10)17/h2,5-6,12,17H,3-4,7-9H2,1H3. The topological polar surface area (TPSA) is 43.8 Å². The number of amides is 1. The maximum Gasteiger partial charge on any atom is 0.245 e. The van der Waals surface area contributed by atoms with Crippen LogP contribution in [0.3, 0.4) is 0 Å². The quantitative estimate of drug-likeness (QED) is 0.814. The number of carbonyl (C=O) groups excluding carboxylic acids is 1. The highest BCUT2D eigenvalue weighted by atomic mass is 16.3. The van der Waals surface area contributed by atoms with Crippen LogP contribution in [0.5, 0.6) is 5.75 Å². The summed E-state index contributed by atoms with van der Waals surface area (Å²) in [6, 6.07) is 5.55. The largest absolute Gasteiger partial charge is 0.508 e. The molecule has 2 aliphatic heterocycles. The Labute approximate surface area is 107 Å². The number of benzene rings is 1. The van der Waals surface area contributed by atoms with Crippen molar-refractivity contribution < 1.29 is 9.90 Å². The van der Waals surface area contributed by atoms with Gasteiger partial charge in [-0.3, -0.25) is 4.79 Å². The van der Waals surface area contributed by atoms with E-state index in [2.05, 4.69) is 4.90 Å². The molecule has 96 valence electrons. The van der Waals surface area contributed by atoms with Crippen molar-refractivity contribution in [1.82, 2.24) is 4.90 Å². The zero-order chi connectivity index (χ0) is 12.7. The molecule has 0 saturated carbocycles. The number of anilines is 1. The lowest BCUT2D eigenvalue weighted by Crippen LogP contribution is -2.43. The lowest BCUT2D eigenvalue weighted by molar-refractivity contribution is -0.127. The number of phenolic OH excluding ortho intramolecular Hbond substituents is 1. The first-order valence-corrected chi connectivity index (χ1v) is 6.51. The number of hydrogen-bond acceptors (Lipinski definition) is 3. The van der Waals surface area contributed by atoms with E-state index in [9.17, 15) is 9.90 Å². The lowest BCUT2D eigenvalue weighted by atomic mass is 9.98. The molecule has 2 aliphatic rings. The molecule has 0 aromatic heterocycles. The van der Waals surface area contributed by atoms with Crippen LogP contribution in [0.15, 0.2) is 18.2 Å². The summed E-state index contributed by atoms with van der Waals surface area (Å²) >= 11 is 0. The molecule has 0 spiro atoms. The molecule has 3 rings (SSSR count). The second kappa shape index (κ2) is 4.19. The molecule has 1 unspecified atom stereocenters. The monoisotopic (exact) mass is 246 g/mol. The van der Waals surface area contributed by atoms with Crippen molar-refractivity contribution in [2.45, 2.75) is 25.3 Å². The first-order valence-electron chi connectivity index (χ1n) is 6.51. The van der Waals surface area contributed by atoms with E-state index < -0.39 is 0 Å². The van der Waals surface area contributed by atoms with Gasteiger partial charge in [0.25, 0.3) is 0 Å². The average Bonchev–Trinajstić information content (AvgIpc) is 2.70. The summed E-state index contributed by atoms with van der Waals surface area (Å²) in [7, 11) is 1.86. The van der Waals surface area contributed by atoms with Crippen LogP contribution in [0.2, 0.25) is 0 Å². The Bertz CT molecular complexity index is 487. The highest BCUT2D eigenvalue weighted by molar-refractivity contribution is 5.87. The zero-order valence-electron chi connectivity index (χ0n) is 10.6. The van der Waals surface area contributed by atoms with E-state index in [1.54, 1.807) is 11.0 Å². The highest BCUT2D eigenvalue weighted by Gasteiger charge is 2.36. The van der Waals surface area contributed by atoms with E-state index in [4.69, 9.17) is 0 Å². The van der Waals surface area contributed by atoms with Crippen molar-refractivity contribution in [2.24, 2.45) is 0 Å². The maximum atomic E-state index is 12.1. The number of likely N-dealkylation sites (N-methyl/N-ethyl adjacent to an activating group) is 1. The summed E-state index contributed by atoms with van der Waals surface area (Å²) in [6.45, 7) is 1.73. The molecule has 18 heavy (non-hydrogen) atoms. The van der Waals surface area contributed by atoms with Crippen LogP contribution in [0, 0.1) is 0 Å². The third-order valence-corrected chi connectivity index (χ3v) is 4.04. The minimum Gasteiger partial charge on any atom is -0.508 e. The molecular weight excluding hydrogens is 228 g/mol. The number of hydrogen-bond donors (Lipinski definition) is 1. The lowest BCUT2D eigenvalue weighted by Gasteiger charge is -2.35. The van der Waals surface area contributed by atoms with Gasteiger partial charge in [0.05, 0.1) is 0 Å². The summed E-state index contributed by atoms with van der Waals surface area (Å²) in [5, 5.41) is 9.91. The molecule has 1 saturated heterocycles. The van der Waals surface area contributed by atoms with Gasteiger partial charge in [0.2, 0.25) is 5.91 Å². The van der Waals surface area contributed by atoms with E-state index in [1.807, 2.05) is 19.2 Å². The van der Waals surface area contributed by atoms with Crippen LogP contribution in [0.25, 0.3) is 0 Å². The fraction of sp³-hybridized carbons (Fsp3) is 0.500. The molecule has 1 N–H and O–H groups in total. The number of fused-ring (bicyclic) bond motifs is 1. The molecule has 1 aromatic carbocycles. The Balaban J connectivity index is 1.97. The first-order chi connectivity index (χ1) is 8.68. The number of nitrogens with zero attached hydrogens (tertiary/aromatic N) is 2. The van der Waals surface area contributed by atoms with Gasteiger partial charge >= 0.3 is 0 Å². The summed E-state index contributed by atoms with van der Waals surface area (Å²) in [5.74, 6) is 0.558. The van der Waals surface area contributed by atoms with Crippen LogP contribution in [0.1, 0.15) is 18.4 Å². The van der Waals surface area contributed by atoms with Crippen molar-refractivity contribution in [3.8, 4) is 5.75 Å². The Morgan fingerprint density at radius 2 is 2.17 bits per heavy atom. The predicted octanol–water partition coefficient (Wildman–Crippen LogP) is 1.38. The van der Waals surface area contributed by atoms with E-state index >= 15 is 0 Å². The van der Waals surface area contributed by atoms with Crippen LogP contribution >= 0.6 is 0 Å². The van der Waals surface area contributed by atoms with E-state index in [0.29, 0.717) is 5.75 Å². The molecule has 1 aromatic rings. The van der Waals surface area contributed by atoms with E-state index in [-0.39, 0.29) is 11.9 Å². The number of likely N-dealkylation sites (tertiary alicyclic amines) is 1. The Hall–Kier alpha value is -1.71. The fourth-order valence-corrected chi connectivity index (χ4v) is 3.05. The second-order valence-corrected chi connectivity index (χ2v) is 5.14. The van der Waals surface area contributed by atoms with Gasteiger partial charge in [-0.15, -0.1) is 0 Å². The molecule has 0 radical (unpaired) electrons. The van der Waals surface area contributed by atoms with Crippen molar-refractivity contribution in [1.29, 1.82) is 0 Å². The smallest absolute Gasteiger partial charge is 0.245 e. The molecule has 4 nitrogen and oxygen atoms in total. The molecule has 0 aliphatic carbocycles. The zero-order valence-corrected chi connectivity index (χ0v) is 10.6. The van der Waals surface area contributed by atoms with Gasteiger partial charge in [-0.25, -0.2) is 0 Å². The van der Waals surface area contributed by atoms with Gasteiger partial charge in [0.1, 0.15) is 11.8 Å². The first kappa shape index (κ1) is 11.4.